The molecule has 14 heavy (non-hydrogen) atoms. The molecule has 0 aromatic heterocycles. The standard InChI is InChI=1S/C11H21NO2/c1-11(8-12,10(13)14)7-9-5-3-2-4-6-9/h9H,2-8,12H2,1H3,(H,13,14). The number of carboxylic acid groups (broad SMARTS) is 1. The van der Waals surface area contributed by atoms with Gasteiger partial charge in [-0.3, -0.25) is 4.79 Å². The number of carbonyl (C=O) groups is 1. The van der Waals surface area contributed by atoms with Crippen LogP contribution in [0.3, 0.4) is 0 Å². The smallest absolute Gasteiger partial charge is 0.310 e. The summed E-state index contributed by atoms with van der Waals surface area (Å²) >= 11 is 0. The fourth-order valence-electron chi connectivity index (χ4n) is 2.29. The van der Waals surface area contributed by atoms with Gasteiger partial charge in [0.05, 0.1) is 5.41 Å². The maximum Gasteiger partial charge on any atom is 0.310 e. The molecule has 1 saturated carbocycles. The molecule has 0 radical (unpaired) electrons. The SMILES string of the molecule is CC(CN)(CC1CCCCC1)C(=O)O. The summed E-state index contributed by atoms with van der Waals surface area (Å²) in [6.45, 7) is 2.02. The fourth-order valence-corrected chi connectivity index (χ4v) is 2.29. The minimum Gasteiger partial charge on any atom is -0.481 e. The van der Waals surface area contributed by atoms with Gasteiger partial charge in [0.15, 0.2) is 0 Å². The highest BCUT2D eigenvalue weighted by Crippen LogP contribution is 2.34. The highest BCUT2D eigenvalue weighted by Gasteiger charge is 2.34. The molecule has 0 aromatic carbocycles. The lowest BCUT2D eigenvalue weighted by molar-refractivity contribution is -0.148. The molecule has 3 N–H and O–H groups in total. The normalized spacial score (nSPS) is 23.0. The molecule has 3 nitrogen and oxygen atoms in total. The monoisotopic (exact) mass is 199 g/mol. The van der Waals surface area contributed by atoms with Crippen molar-refractivity contribution in [1.29, 1.82) is 0 Å². The van der Waals surface area contributed by atoms with Crippen molar-refractivity contribution in [2.24, 2.45) is 17.1 Å². The lowest BCUT2D eigenvalue weighted by atomic mass is 9.75. The zero-order valence-corrected chi connectivity index (χ0v) is 8.96. The second-order valence-corrected chi connectivity index (χ2v) is 4.78. The third-order valence-electron chi connectivity index (χ3n) is 3.43. The number of rotatable bonds is 4. The largest absolute Gasteiger partial charge is 0.481 e. The predicted octanol–water partition coefficient (Wildman–Crippen LogP) is 2.01. The average Bonchev–Trinajstić information content (AvgIpc) is 2.19. The van der Waals surface area contributed by atoms with Crippen molar-refractivity contribution in [1.82, 2.24) is 0 Å². The molecule has 82 valence electrons. The molecule has 1 aliphatic rings. The minimum atomic E-state index is -0.745. The van der Waals surface area contributed by atoms with E-state index < -0.39 is 11.4 Å². The first-order valence-electron chi connectivity index (χ1n) is 5.52. The van der Waals surface area contributed by atoms with Crippen molar-refractivity contribution in [2.45, 2.75) is 45.4 Å². The van der Waals surface area contributed by atoms with E-state index >= 15 is 0 Å². The van der Waals surface area contributed by atoms with Crippen molar-refractivity contribution in [3.63, 3.8) is 0 Å². The number of hydrogen-bond donors (Lipinski definition) is 2. The molecular formula is C11H21NO2. The van der Waals surface area contributed by atoms with Crippen molar-refractivity contribution in [3.8, 4) is 0 Å². The summed E-state index contributed by atoms with van der Waals surface area (Å²) in [5, 5.41) is 9.08. The first kappa shape index (κ1) is 11.5. The number of nitrogens with two attached hydrogens (primary N) is 1. The van der Waals surface area contributed by atoms with Gasteiger partial charge in [-0.05, 0) is 19.3 Å². The van der Waals surface area contributed by atoms with Crippen molar-refractivity contribution in [2.75, 3.05) is 6.54 Å². The third-order valence-corrected chi connectivity index (χ3v) is 3.43. The Morgan fingerprint density at radius 1 is 1.43 bits per heavy atom. The molecule has 1 unspecified atom stereocenters. The van der Waals surface area contributed by atoms with Crippen LogP contribution in [-0.4, -0.2) is 17.6 Å². The molecule has 0 aromatic rings. The van der Waals surface area contributed by atoms with Gasteiger partial charge in [-0.1, -0.05) is 32.1 Å². The Labute approximate surface area is 85.7 Å². The first-order valence-corrected chi connectivity index (χ1v) is 5.52. The Hall–Kier alpha value is -0.570. The number of carboxylic acids is 1. The molecule has 0 spiro atoms. The van der Waals surface area contributed by atoms with Crippen molar-refractivity contribution < 1.29 is 9.90 Å². The Bertz CT molecular complexity index is 199. The highest BCUT2D eigenvalue weighted by atomic mass is 16.4. The lowest BCUT2D eigenvalue weighted by Crippen LogP contribution is -2.37. The fraction of sp³-hybridized carbons (Fsp3) is 0.909. The summed E-state index contributed by atoms with van der Waals surface area (Å²) < 4.78 is 0. The average molecular weight is 199 g/mol. The maximum atomic E-state index is 11.0. The van der Waals surface area contributed by atoms with Crippen LogP contribution in [-0.2, 0) is 4.79 Å². The quantitative estimate of drug-likeness (QED) is 0.728. The van der Waals surface area contributed by atoms with E-state index in [-0.39, 0.29) is 6.54 Å². The third kappa shape index (κ3) is 2.71. The lowest BCUT2D eigenvalue weighted by Gasteiger charge is -2.30. The molecule has 3 heteroatoms. The van der Waals surface area contributed by atoms with E-state index in [2.05, 4.69) is 0 Å². The van der Waals surface area contributed by atoms with Gasteiger partial charge >= 0.3 is 5.97 Å². The molecule has 1 rings (SSSR count). The van der Waals surface area contributed by atoms with Gasteiger partial charge in [-0.25, -0.2) is 0 Å². The van der Waals surface area contributed by atoms with E-state index in [0.29, 0.717) is 5.92 Å². The molecule has 0 amide bonds. The zero-order valence-electron chi connectivity index (χ0n) is 8.96. The van der Waals surface area contributed by atoms with E-state index in [0.717, 1.165) is 6.42 Å². The minimum absolute atomic E-state index is 0.249. The van der Waals surface area contributed by atoms with Crippen LogP contribution < -0.4 is 5.73 Å². The summed E-state index contributed by atoms with van der Waals surface area (Å²) in [5.74, 6) is -0.168. The summed E-state index contributed by atoms with van der Waals surface area (Å²) in [6, 6.07) is 0. The molecule has 0 aliphatic heterocycles. The molecule has 1 aliphatic carbocycles. The Morgan fingerprint density at radius 3 is 2.43 bits per heavy atom. The van der Waals surface area contributed by atoms with Crippen LogP contribution in [0.5, 0.6) is 0 Å². The Morgan fingerprint density at radius 2 is 2.00 bits per heavy atom. The van der Waals surface area contributed by atoms with Gasteiger partial charge in [0, 0.05) is 6.54 Å². The maximum absolute atomic E-state index is 11.0. The highest BCUT2D eigenvalue weighted by molar-refractivity contribution is 5.74. The van der Waals surface area contributed by atoms with Crippen molar-refractivity contribution >= 4 is 5.97 Å². The molecule has 0 saturated heterocycles. The van der Waals surface area contributed by atoms with E-state index in [1.165, 1.54) is 32.1 Å². The van der Waals surface area contributed by atoms with Crippen LogP contribution in [0.15, 0.2) is 0 Å². The molecule has 0 bridgehead atoms. The molecule has 1 atom stereocenters. The molecule has 1 fully saturated rings. The van der Waals surface area contributed by atoms with Gasteiger partial charge in [0.2, 0.25) is 0 Å². The summed E-state index contributed by atoms with van der Waals surface area (Å²) in [4.78, 5) is 11.0. The van der Waals surface area contributed by atoms with Crippen LogP contribution in [0.25, 0.3) is 0 Å². The van der Waals surface area contributed by atoms with Gasteiger partial charge in [0.25, 0.3) is 0 Å². The van der Waals surface area contributed by atoms with Gasteiger partial charge in [-0.15, -0.1) is 0 Å². The van der Waals surface area contributed by atoms with Crippen molar-refractivity contribution in [3.05, 3.63) is 0 Å². The summed E-state index contributed by atoms with van der Waals surface area (Å²) in [7, 11) is 0. The molecular weight excluding hydrogens is 178 g/mol. The van der Waals surface area contributed by atoms with E-state index in [1.807, 2.05) is 0 Å². The topological polar surface area (TPSA) is 63.3 Å². The second-order valence-electron chi connectivity index (χ2n) is 4.78. The predicted molar refractivity (Wildman–Crippen MR) is 56.0 cm³/mol. The van der Waals surface area contributed by atoms with Crippen LogP contribution in [0.2, 0.25) is 0 Å². The van der Waals surface area contributed by atoms with Gasteiger partial charge < -0.3 is 10.8 Å². The van der Waals surface area contributed by atoms with Crippen LogP contribution in [0, 0.1) is 11.3 Å². The van der Waals surface area contributed by atoms with E-state index in [1.54, 1.807) is 6.92 Å². The number of hydrogen-bond acceptors (Lipinski definition) is 2. The first-order chi connectivity index (χ1) is 6.58. The zero-order chi connectivity index (χ0) is 10.6. The van der Waals surface area contributed by atoms with Crippen LogP contribution in [0.4, 0.5) is 0 Å². The number of aliphatic carboxylic acids is 1. The second kappa shape index (κ2) is 4.78. The van der Waals surface area contributed by atoms with Gasteiger partial charge in [-0.2, -0.15) is 0 Å². The van der Waals surface area contributed by atoms with E-state index in [9.17, 15) is 4.79 Å². The summed E-state index contributed by atoms with van der Waals surface area (Å²) in [6.07, 6.45) is 6.93. The van der Waals surface area contributed by atoms with Crippen LogP contribution >= 0.6 is 0 Å². The summed E-state index contributed by atoms with van der Waals surface area (Å²) in [5.41, 5.74) is 4.84. The Balaban J connectivity index is 2.50. The van der Waals surface area contributed by atoms with E-state index in [4.69, 9.17) is 10.8 Å². The Kier molecular flexibility index (Phi) is 3.93. The van der Waals surface area contributed by atoms with Crippen LogP contribution in [0.1, 0.15) is 45.4 Å². The molecule has 0 heterocycles. The van der Waals surface area contributed by atoms with Gasteiger partial charge in [0.1, 0.15) is 0 Å².